The number of esters is 2. The molecule has 31 atom stereocenters. The van der Waals surface area contributed by atoms with Crippen LogP contribution in [-0.4, -0.2) is 307 Å². The maximum Gasteiger partial charge on any atom is 0.317 e. The number of rotatable bonds is 15. The molecule has 4 aliphatic carbocycles. The lowest BCUT2D eigenvalue weighted by molar-refractivity contribution is -0.363. The third-order valence-corrected chi connectivity index (χ3v) is 18.1. The van der Waals surface area contributed by atoms with Crippen LogP contribution in [-0.2, 0) is 57.0 Å². The van der Waals surface area contributed by atoms with E-state index in [4.69, 9.17) is 47.4 Å². The molecule has 0 amide bonds. The average molecular weight is 1170 g/mol. The highest BCUT2D eigenvalue weighted by Crippen LogP contribution is 2.44. The number of aliphatic hydroxyl groups is 19. The van der Waals surface area contributed by atoms with Crippen LogP contribution in [0.15, 0.2) is 0 Å². The van der Waals surface area contributed by atoms with Gasteiger partial charge in [0.15, 0.2) is 31.1 Å². The molecule has 464 valence electrons. The van der Waals surface area contributed by atoms with Gasteiger partial charge in [0.05, 0.1) is 79.5 Å². The van der Waals surface area contributed by atoms with Crippen molar-refractivity contribution >= 4 is 17.7 Å². The van der Waals surface area contributed by atoms with Gasteiger partial charge in [0.2, 0.25) is 0 Å². The van der Waals surface area contributed by atoms with Crippen molar-refractivity contribution in [3.05, 3.63) is 0 Å². The predicted octanol–water partition coefficient (Wildman–Crippen LogP) is -9.01. The Balaban J connectivity index is 0.743. The van der Waals surface area contributed by atoms with Gasteiger partial charge in [0, 0.05) is 38.0 Å². The Morgan fingerprint density at radius 3 is 1.60 bits per heavy atom. The lowest BCUT2D eigenvalue weighted by Gasteiger charge is -2.49. The SMILES string of the molecule is O=C(CC(=O)OCC1OC(OC2CC(O)C3C(=O)CC(C4CCC(O)C(O)C4)OC3C2)C(O)C(O)C1O)OCC1OC(OCC2OC(OC3CC4C(O)CC(O)CC4[OH+]C3C3CC(O)C(O)C(O)C3)C(O)C(O)C2O)C(O)C(O)C1O. The molecule has 9 aliphatic rings. The van der Waals surface area contributed by atoms with E-state index in [1.165, 1.54) is 0 Å². The first kappa shape index (κ1) is 63.1. The van der Waals surface area contributed by atoms with Crippen LogP contribution in [0.4, 0.5) is 0 Å². The quantitative estimate of drug-likeness (QED) is 0.0411. The normalized spacial score (nSPS) is 51.6. The van der Waals surface area contributed by atoms with Gasteiger partial charge < -0.3 is 134 Å². The summed E-state index contributed by atoms with van der Waals surface area (Å²) in [4.78, 5) is 38.9. The summed E-state index contributed by atoms with van der Waals surface area (Å²) in [7, 11) is 0. The molecule has 0 spiro atoms. The zero-order valence-electron chi connectivity index (χ0n) is 44.1. The Bertz CT molecular complexity index is 2080. The number of ketones is 1. The van der Waals surface area contributed by atoms with Crippen molar-refractivity contribution in [2.24, 2.45) is 23.7 Å². The topological polar surface area (TPSA) is 491 Å². The van der Waals surface area contributed by atoms with Gasteiger partial charge in [-0.2, -0.15) is 0 Å². The van der Waals surface area contributed by atoms with Crippen LogP contribution in [0.5, 0.6) is 0 Å². The molecule has 30 nitrogen and oxygen atoms in total. The van der Waals surface area contributed by atoms with E-state index in [2.05, 4.69) is 0 Å². The zero-order chi connectivity index (χ0) is 58.5. The van der Waals surface area contributed by atoms with Crippen molar-refractivity contribution in [3.8, 4) is 0 Å². The molecule has 0 bridgehead atoms. The average Bonchev–Trinajstić information content (AvgIpc) is 3.60. The molecule has 0 aromatic heterocycles. The second kappa shape index (κ2) is 26.7. The van der Waals surface area contributed by atoms with E-state index in [0.717, 1.165) is 0 Å². The second-order valence-electron chi connectivity index (χ2n) is 23.7. The number of carbonyl (C=O) groups is 3. The van der Waals surface area contributed by atoms with Gasteiger partial charge in [-0.1, -0.05) is 0 Å². The van der Waals surface area contributed by atoms with Crippen LogP contribution >= 0.6 is 0 Å². The molecule has 0 aromatic rings. The molecule has 18 N–H and O–H groups in total. The van der Waals surface area contributed by atoms with Crippen molar-refractivity contribution in [1.82, 2.24) is 0 Å². The second-order valence-corrected chi connectivity index (χ2v) is 23.7. The van der Waals surface area contributed by atoms with Gasteiger partial charge in [0.25, 0.3) is 0 Å². The molecule has 5 heterocycles. The van der Waals surface area contributed by atoms with Crippen molar-refractivity contribution in [1.29, 1.82) is 0 Å². The summed E-state index contributed by atoms with van der Waals surface area (Å²) in [5.74, 6) is -4.93. The van der Waals surface area contributed by atoms with Gasteiger partial charge in [-0.15, -0.1) is 0 Å². The van der Waals surface area contributed by atoms with E-state index >= 15 is 0 Å². The molecule has 5 saturated heterocycles. The number of Topliss-reactive ketones (excluding diaryl/α,β-unsaturated/α-hetero) is 1. The van der Waals surface area contributed by atoms with Crippen LogP contribution in [0.2, 0.25) is 0 Å². The van der Waals surface area contributed by atoms with E-state index in [0.29, 0.717) is 12.8 Å². The number of fused-ring (bicyclic) bond motifs is 2. The maximum absolute atomic E-state index is 13.2. The molecule has 81 heavy (non-hydrogen) atoms. The standard InChI is InChI=1S/C51H80O30/c52-18-6-22(54)20-10-31(48(77-29(20)7-18)17-4-26(58)38(62)27(59)5-17)78-51-47(71)44(68)41(65)34(81-51)15-74-49-45(69)42(66)39(63)32(79-49)13-72-35(60)12-36(61)73-14-33-40(64)43(67)46(70)50(80-33)75-19-8-24(56)37-25(57)11-28(76-30(37)9-19)16-1-2-21(53)23(55)3-16/h16-24,26-34,37-56,58-59,62-71H,1-15H2/p+1. The fourth-order valence-corrected chi connectivity index (χ4v) is 13.4. The van der Waals surface area contributed by atoms with Gasteiger partial charge in [-0.05, 0) is 44.4 Å². The first-order chi connectivity index (χ1) is 38.4. The lowest BCUT2D eigenvalue weighted by Crippen LogP contribution is -2.64. The molecule has 31 unspecified atom stereocenters. The highest BCUT2D eigenvalue weighted by molar-refractivity contribution is 5.91. The summed E-state index contributed by atoms with van der Waals surface area (Å²) >= 11 is 0. The fourth-order valence-electron chi connectivity index (χ4n) is 13.4. The molecule has 30 heteroatoms. The summed E-state index contributed by atoms with van der Waals surface area (Å²) < 4.78 is 56.4. The van der Waals surface area contributed by atoms with Crippen LogP contribution < -0.4 is 0 Å². The lowest BCUT2D eigenvalue weighted by atomic mass is 9.72. The Morgan fingerprint density at radius 2 is 1.01 bits per heavy atom. The number of ether oxygens (including phenoxy) is 10. The van der Waals surface area contributed by atoms with Crippen molar-refractivity contribution < 1.29 is 149 Å². The van der Waals surface area contributed by atoms with Crippen LogP contribution in [0.25, 0.3) is 0 Å². The summed E-state index contributed by atoms with van der Waals surface area (Å²) in [6, 6.07) is 0. The Hall–Kier alpha value is -2.39. The first-order valence-corrected chi connectivity index (χ1v) is 28.0. The largest absolute Gasteiger partial charge is 0.462 e. The number of hydrogen-bond donors (Lipinski definition) is 17. The van der Waals surface area contributed by atoms with Gasteiger partial charge >= 0.3 is 11.9 Å². The molecular formula is C51H81O30+. The van der Waals surface area contributed by atoms with E-state index in [1.54, 1.807) is 0 Å². The minimum absolute atomic E-state index is 0.0112. The number of carbonyl (C=O) groups excluding carboxylic acids is 3. The van der Waals surface area contributed by atoms with Gasteiger partial charge in [-0.25, -0.2) is 0 Å². The van der Waals surface area contributed by atoms with Gasteiger partial charge in [-0.3, -0.25) is 14.4 Å². The molecule has 4 saturated carbocycles. The Kier molecular flexibility index (Phi) is 20.8. The van der Waals surface area contributed by atoms with Crippen molar-refractivity contribution in [2.45, 2.75) is 255 Å². The van der Waals surface area contributed by atoms with Crippen molar-refractivity contribution in [2.75, 3.05) is 19.8 Å². The summed E-state index contributed by atoms with van der Waals surface area (Å²) in [5.41, 5.74) is 0. The highest BCUT2D eigenvalue weighted by atomic mass is 16.7. The first-order valence-electron chi connectivity index (χ1n) is 28.0. The molecular weight excluding hydrogens is 1090 g/mol. The third-order valence-electron chi connectivity index (χ3n) is 18.1. The van der Waals surface area contributed by atoms with E-state index in [-0.39, 0.29) is 69.5 Å². The van der Waals surface area contributed by atoms with Crippen molar-refractivity contribution in [3.63, 3.8) is 0 Å². The third kappa shape index (κ3) is 14.1. The van der Waals surface area contributed by atoms with Crippen LogP contribution in [0, 0.1) is 23.7 Å². The summed E-state index contributed by atoms with van der Waals surface area (Å²) in [6.45, 7) is -2.38. The fraction of sp³-hybridized carbons (Fsp3) is 0.941. The van der Waals surface area contributed by atoms with E-state index in [1.807, 2.05) is 0 Å². The summed E-state index contributed by atoms with van der Waals surface area (Å²) in [6.07, 6.45) is -40.5. The van der Waals surface area contributed by atoms with E-state index in [9.17, 15) is 101 Å². The molecule has 9 fully saturated rings. The highest BCUT2D eigenvalue weighted by Gasteiger charge is 2.57. The van der Waals surface area contributed by atoms with Crippen LogP contribution in [0.3, 0.4) is 0 Å². The minimum atomic E-state index is -2.00. The monoisotopic (exact) mass is 1170 g/mol. The number of aliphatic hydroxyl groups excluding tert-OH is 17. The van der Waals surface area contributed by atoms with Gasteiger partial charge in [0.1, 0.15) is 111 Å². The zero-order valence-corrected chi connectivity index (χ0v) is 44.1. The smallest absolute Gasteiger partial charge is 0.317 e. The molecule has 5 aliphatic heterocycles. The maximum atomic E-state index is 13.2. The molecule has 0 radical (unpaired) electrons. The Morgan fingerprint density at radius 1 is 0.469 bits per heavy atom. The summed E-state index contributed by atoms with van der Waals surface area (Å²) in [5, 5.41) is 181. The predicted molar refractivity (Wildman–Crippen MR) is 259 cm³/mol. The molecule has 9 rings (SSSR count). The number of hydrogen-bond acceptors (Lipinski definition) is 29. The Labute approximate surface area is 463 Å². The molecule has 0 aromatic carbocycles. The van der Waals surface area contributed by atoms with Crippen LogP contribution in [0.1, 0.15) is 77.0 Å². The van der Waals surface area contributed by atoms with E-state index < -0.39 is 234 Å². The minimum Gasteiger partial charge on any atom is -0.462 e.